The molecular formula is C15H28N4O2. The number of nitrogens with one attached hydrogen (secondary N) is 1. The summed E-state index contributed by atoms with van der Waals surface area (Å²) >= 11 is 0. The molecule has 0 spiro atoms. The molecule has 0 aromatic carbocycles. The Kier molecular flexibility index (Phi) is 5.61. The van der Waals surface area contributed by atoms with Crippen LogP contribution in [0.15, 0.2) is 0 Å². The van der Waals surface area contributed by atoms with Crippen molar-refractivity contribution in [2.24, 2.45) is 13.0 Å². The van der Waals surface area contributed by atoms with Crippen LogP contribution in [0.5, 0.6) is 0 Å². The largest absolute Gasteiger partial charge is 0.394 e. The van der Waals surface area contributed by atoms with Crippen molar-refractivity contribution < 1.29 is 9.84 Å². The van der Waals surface area contributed by atoms with Crippen molar-refractivity contribution in [3.05, 3.63) is 11.3 Å². The van der Waals surface area contributed by atoms with E-state index < -0.39 is 0 Å². The van der Waals surface area contributed by atoms with Crippen LogP contribution in [0.3, 0.4) is 0 Å². The minimum Gasteiger partial charge on any atom is -0.394 e. The van der Waals surface area contributed by atoms with Crippen molar-refractivity contribution in [2.45, 2.75) is 32.9 Å². The van der Waals surface area contributed by atoms with Gasteiger partial charge in [0.2, 0.25) is 0 Å². The summed E-state index contributed by atoms with van der Waals surface area (Å²) in [5, 5.41) is 17.7. The zero-order valence-corrected chi connectivity index (χ0v) is 13.6. The van der Waals surface area contributed by atoms with Gasteiger partial charge in [0.1, 0.15) is 5.82 Å². The third kappa shape index (κ3) is 3.39. The fraction of sp³-hybridized carbons (Fsp3) is 0.800. The van der Waals surface area contributed by atoms with E-state index in [2.05, 4.69) is 22.2 Å². The van der Waals surface area contributed by atoms with E-state index >= 15 is 0 Å². The highest BCUT2D eigenvalue weighted by atomic mass is 16.5. The molecule has 0 amide bonds. The minimum absolute atomic E-state index is 0.192. The number of aliphatic hydroxyl groups excluding tert-OH is 1. The smallest absolute Gasteiger partial charge is 0.131 e. The van der Waals surface area contributed by atoms with Crippen LogP contribution >= 0.6 is 0 Å². The maximum absolute atomic E-state index is 9.70. The summed E-state index contributed by atoms with van der Waals surface area (Å²) in [6, 6.07) is 0.192. The van der Waals surface area contributed by atoms with E-state index in [1.807, 2.05) is 18.7 Å². The van der Waals surface area contributed by atoms with Crippen molar-refractivity contribution >= 4 is 5.82 Å². The van der Waals surface area contributed by atoms with Gasteiger partial charge in [0.05, 0.1) is 24.9 Å². The molecule has 1 fully saturated rings. The van der Waals surface area contributed by atoms with Crippen LogP contribution in [-0.2, 0) is 18.3 Å². The number of methoxy groups -OCH3 is 1. The Morgan fingerprint density at radius 2 is 2.24 bits per heavy atom. The lowest BCUT2D eigenvalue weighted by atomic mass is 10.0. The molecule has 1 aliphatic rings. The molecule has 1 aromatic rings. The summed E-state index contributed by atoms with van der Waals surface area (Å²) in [5.74, 6) is 1.65. The molecule has 6 nitrogen and oxygen atoms in total. The van der Waals surface area contributed by atoms with Crippen molar-refractivity contribution in [3.8, 4) is 0 Å². The molecule has 0 bridgehead atoms. The number of aryl methyl sites for hydroxylation is 2. The number of hydrogen-bond donors (Lipinski definition) is 2. The fourth-order valence-electron chi connectivity index (χ4n) is 3.19. The highest BCUT2D eigenvalue weighted by Crippen LogP contribution is 2.32. The van der Waals surface area contributed by atoms with E-state index in [0.717, 1.165) is 37.6 Å². The second kappa shape index (κ2) is 7.24. The highest BCUT2D eigenvalue weighted by Gasteiger charge is 2.34. The van der Waals surface area contributed by atoms with Crippen LogP contribution in [0.1, 0.15) is 24.6 Å². The average molecular weight is 296 g/mol. The SMILES string of the molecule is COCCNCc1c(C)nn(C)c1N1CCC(C)C1CO. The third-order valence-corrected chi connectivity index (χ3v) is 4.44. The molecule has 1 aromatic heterocycles. The van der Waals surface area contributed by atoms with Crippen LogP contribution in [0.2, 0.25) is 0 Å². The van der Waals surface area contributed by atoms with Gasteiger partial charge in [-0.1, -0.05) is 6.92 Å². The van der Waals surface area contributed by atoms with Gasteiger partial charge in [-0.25, -0.2) is 0 Å². The molecule has 1 aliphatic heterocycles. The lowest BCUT2D eigenvalue weighted by Crippen LogP contribution is -2.37. The topological polar surface area (TPSA) is 62.5 Å². The predicted molar refractivity (Wildman–Crippen MR) is 83.5 cm³/mol. The maximum Gasteiger partial charge on any atom is 0.131 e. The van der Waals surface area contributed by atoms with E-state index in [-0.39, 0.29) is 12.6 Å². The molecule has 2 rings (SSSR count). The second-order valence-electron chi connectivity index (χ2n) is 5.89. The van der Waals surface area contributed by atoms with Gasteiger partial charge in [0, 0.05) is 39.4 Å². The monoisotopic (exact) mass is 296 g/mol. The molecule has 0 radical (unpaired) electrons. The molecule has 1 saturated heterocycles. The number of nitrogens with zero attached hydrogens (tertiary/aromatic N) is 3. The van der Waals surface area contributed by atoms with Gasteiger partial charge in [-0.2, -0.15) is 5.10 Å². The van der Waals surface area contributed by atoms with Gasteiger partial charge in [-0.05, 0) is 19.3 Å². The maximum atomic E-state index is 9.70. The first kappa shape index (κ1) is 16.3. The molecular weight excluding hydrogens is 268 g/mol. The summed E-state index contributed by atoms with van der Waals surface area (Å²) in [6.45, 7) is 7.74. The number of aromatic nitrogens is 2. The zero-order chi connectivity index (χ0) is 15.4. The normalized spacial score (nSPS) is 22.2. The second-order valence-corrected chi connectivity index (χ2v) is 5.89. The molecule has 6 heteroatoms. The highest BCUT2D eigenvalue weighted by molar-refractivity contribution is 5.52. The molecule has 2 N–H and O–H groups in total. The van der Waals surface area contributed by atoms with Crippen LogP contribution in [0.25, 0.3) is 0 Å². The Hall–Kier alpha value is -1.11. The minimum atomic E-state index is 0.192. The van der Waals surface area contributed by atoms with Gasteiger partial charge in [0.25, 0.3) is 0 Å². The van der Waals surface area contributed by atoms with Crippen molar-refractivity contribution in [3.63, 3.8) is 0 Å². The first-order valence-electron chi connectivity index (χ1n) is 7.69. The first-order chi connectivity index (χ1) is 10.1. The lowest BCUT2D eigenvalue weighted by molar-refractivity contribution is 0.199. The van der Waals surface area contributed by atoms with Gasteiger partial charge >= 0.3 is 0 Å². The number of rotatable bonds is 7. The summed E-state index contributed by atoms with van der Waals surface area (Å²) in [6.07, 6.45) is 1.12. The Bertz CT molecular complexity index is 461. The van der Waals surface area contributed by atoms with Crippen LogP contribution < -0.4 is 10.2 Å². The van der Waals surface area contributed by atoms with Gasteiger partial charge < -0.3 is 20.1 Å². The van der Waals surface area contributed by atoms with Crippen molar-refractivity contribution in [1.29, 1.82) is 0 Å². The van der Waals surface area contributed by atoms with E-state index in [4.69, 9.17) is 4.74 Å². The van der Waals surface area contributed by atoms with Crippen LogP contribution in [0, 0.1) is 12.8 Å². The first-order valence-corrected chi connectivity index (χ1v) is 7.69. The number of ether oxygens (including phenoxy) is 1. The summed E-state index contributed by atoms with van der Waals surface area (Å²) in [4.78, 5) is 2.32. The molecule has 0 aliphatic carbocycles. The molecule has 2 heterocycles. The Morgan fingerprint density at radius 3 is 2.90 bits per heavy atom. The number of aliphatic hydroxyl groups is 1. The molecule has 2 unspecified atom stereocenters. The van der Waals surface area contributed by atoms with Crippen LogP contribution in [0.4, 0.5) is 5.82 Å². The summed E-state index contributed by atoms with van der Waals surface area (Å²) in [7, 11) is 3.69. The number of hydrogen-bond acceptors (Lipinski definition) is 5. The standard InChI is InChI=1S/C15H28N4O2/c1-11-5-7-19(14(11)10-20)15-13(9-16-6-8-21-4)12(2)17-18(15)3/h11,14,16,20H,5-10H2,1-4H3. The quantitative estimate of drug-likeness (QED) is 0.724. The number of anilines is 1. The average Bonchev–Trinajstić information content (AvgIpc) is 2.94. The van der Waals surface area contributed by atoms with Crippen molar-refractivity contribution in [2.75, 3.05) is 38.3 Å². The third-order valence-electron chi connectivity index (χ3n) is 4.44. The van der Waals surface area contributed by atoms with Gasteiger partial charge in [-0.15, -0.1) is 0 Å². The van der Waals surface area contributed by atoms with Gasteiger partial charge in [0.15, 0.2) is 0 Å². The molecule has 2 atom stereocenters. The Balaban J connectivity index is 2.18. The predicted octanol–water partition coefficient (Wildman–Crippen LogP) is 0.672. The Labute approximate surface area is 127 Å². The van der Waals surface area contributed by atoms with E-state index in [9.17, 15) is 5.11 Å². The van der Waals surface area contributed by atoms with E-state index in [1.165, 1.54) is 5.56 Å². The lowest BCUT2D eigenvalue weighted by Gasteiger charge is -2.28. The fourth-order valence-corrected chi connectivity index (χ4v) is 3.19. The molecule has 0 saturated carbocycles. The Morgan fingerprint density at radius 1 is 1.48 bits per heavy atom. The zero-order valence-electron chi connectivity index (χ0n) is 13.6. The van der Waals surface area contributed by atoms with Crippen molar-refractivity contribution in [1.82, 2.24) is 15.1 Å². The van der Waals surface area contributed by atoms with Crippen LogP contribution in [-0.4, -0.2) is 54.3 Å². The van der Waals surface area contributed by atoms with Gasteiger partial charge in [-0.3, -0.25) is 4.68 Å². The summed E-state index contributed by atoms with van der Waals surface area (Å²) < 4.78 is 7.01. The van der Waals surface area contributed by atoms with E-state index in [0.29, 0.717) is 12.5 Å². The summed E-state index contributed by atoms with van der Waals surface area (Å²) in [5.41, 5.74) is 2.27. The van der Waals surface area contributed by atoms with E-state index in [1.54, 1.807) is 7.11 Å². The molecule has 120 valence electrons. The molecule has 21 heavy (non-hydrogen) atoms.